The van der Waals surface area contributed by atoms with Crippen LogP contribution in [0.3, 0.4) is 0 Å². The molecule has 3 aromatic rings. The van der Waals surface area contributed by atoms with Crippen molar-refractivity contribution in [3.63, 3.8) is 0 Å². The van der Waals surface area contributed by atoms with Gasteiger partial charge < -0.3 is 14.5 Å². The number of hydrogen-bond acceptors (Lipinski definition) is 7. The molecule has 0 atom stereocenters. The second-order valence-electron chi connectivity index (χ2n) is 6.80. The Kier molecular flexibility index (Phi) is 6.33. The van der Waals surface area contributed by atoms with Gasteiger partial charge >= 0.3 is 0 Å². The number of nitrogens with one attached hydrogen (secondary N) is 1. The van der Waals surface area contributed by atoms with Gasteiger partial charge in [0.05, 0.1) is 35.8 Å². The maximum atomic E-state index is 12.7. The second-order valence-corrected chi connectivity index (χ2v) is 9.90. The smallest absolute Gasteiger partial charge is 0.251 e. The largest absolute Gasteiger partial charge is 0.461 e. The number of morpholine rings is 1. The minimum Gasteiger partial charge on any atom is -0.461 e. The lowest BCUT2D eigenvalue weighted by Crippen LogP contribution is -2.40. The predicted octanol–water partition coefficient (Wildman–Crippen LogP) is 2.52. The summed E-state index contributed by atoms with van der Waals surface area (Å²) < 4.78 is 37.0. The Morgan fingerprint density at radius 1 is 1.03 bits per heavy atom. The average molecular weight is 461 g/mol. The fraction of sp³-hybridized carbons (Fsp3) is 0.238. The molecule has 1 amide bonds. The van der Waals surface area contributed by atoms with Crippen LogP contribution in [-0.2, 0) is 21.3 Å². The van der Waals surface area contributed by atoms with E-state index in [0.717, 1.165) is 4.88 Å². The molecular weight excluding hydrogens is 440 g/mol. The molecule has 3 heterocycles. The summed E-state index contributed by atoms with van der Waals surface area (Å²) in [4.78, 5) is 26.2. The summed E-state index contributed by atoms with van der Waals surface area (Å²) in [5, 5.41) is 2.78. The van der Waals surface area contributed by atoms with E-state index in [0.29, 0.717) is 36.7 Å². The highest BCUT2D eigenvalue weighted by Crippen LogP contribution is 2.21. The summed E-state index contributed by atoms with van der Waals surface area (Å²) in [6, 6.07) is 12.6. The third kappa shape index (κ3) is 4.77. The first-order valence-electron chi connectivity index (χ1n) is 9.58. The molecule has 1 saturated heterocycles. The SMILES string of the molecule is O=C(NCc1ccc(C(=O)c2ccco2)s1)c1ccc(S(=O)(=O)N2CCOCC2)cc1. The predicted molar refractivity (Wildman–Crippen MR) is 114 cm³/mol. The number of benzene rings is 1. The Morgan fingerprint density at radius 2 is 1.77 bits per heavy atom. The van der Waals surface area contributed by atoms with Crippen molar-refractivity contribution in [2.24, 2.45) is 0 Å². The van der Waals surface area contributed by atoms with Gasteiger partial charge in [-0.05, 0) is 48.5 Å². The zero-order valence-corrected chi connectivity index (χ0v) is 18.1. The monoisotopic (exact) mass is 460 g/mol. The topological polar surface area (TPSA) is 106 Å². The van der Waals surface area contributed by atoms with Crippen LogP contribution in [0.5, 0.6) is 0 Å². The highest BCUT2D eigenvalue weighted by molar-refractivity contribution is 7.89. The first-order chi connectivity index (χ1) is 14.9. The van der Waals surface area contributed by atoms with Crippen molar-refractivity contribution < 1.29 is 27.2 Å². The molecule has 1 aliphatic heterocycles. The van der Waals surface area contributed by atoms with Gasteiger partial charge in [0.2, 0.25) is 15.8 Å². The minimum absolute atomic E-state index is 0.144. The van der Waals surface area contributed by atoms with E-state index in [-0.39, 0.29) is 28.9 Å². The van der Waals surface area contributed by atoms with Crippen molar-refractivity contribution in [3.8, 4) is 0 Å². The Bertz CT molecular complexity index is 1160. The molecule has 162 valence electrons. The van der Waals surface area contributed by atoms with Gasteiger partial charge in [-0.2, -0.15) is 4.31 Å². The zero-order valence-electron chi connectivity index (χ0n) is 16.4. The standard InChI is InChI=1S/C21H20N2O6S2/c24-20(18-2-1-11-29-18)19-8-5-16(30-19)14-22-21(25)15-3-6-17(7-4-15)31(26,27)23-9-12-28-13-10-23/h1-8,11H,9-10,12-14H2,(H,22,25). The third-order valence-corrected chi connectivity index (χ3v) is 7.77. The molecule has 31 heavy (non-hydrogen) atoms. The molecule has 0 bridgehead atoms. The number of carbonyl (C=O) groups excluding carboxylic acids is 2. The third-order valence-electron chi connectivity index (χ3n) is 4.78. The maximum absolute atomic E-state index is 12.7. The summed E-state index contributed by atoms with van der Waals surface area (Å²) >= 11 is 1.28. The van der Waals surface area contributed by atoms with E-state index >= 15 is 0 Å². The highest BCUT2D eigenvalue weighted by atomic mass is 32.2. The number of carbonyl (C=O) groups is 2. The molecule has 0 unspecified atom stereocenters. The molecule has 0 aliphatic carbocycles. The van der Waals surface area contributed by atoms with Crippen LogP contribution in [0, 0.1) is 0 Å². The van der Waals surface area contributed by atoms with Crippen LogP contribution < -0.4 is 5.32 Å². The number of amides is 1. The molecule has 10 heteroatoms. The first kappa shape index (κ1) is 21.4. The van der Waals surface area contributed by atoms with Crippen LogP contribution in [0.1, 0.15) is 30.7 Å². The molecule has 1 aromatic carbocycles. The fourth-order valence-electron chi connectivity index (χ4n) is 3.11. The summed E-state index contributed by atoms with van der Waals surface area (Å²) in [6.45, 7) is 1.63. The van der Waals surface area contributed by atoms with E-state index in [4.69, 9.17) is 9.15 Å². The number of rotatable bonds is 7. The van der Waals surface area contributed by atoms with E-state index < -0.39 is 10.0 Å². The lowest BCUT2D eigenvalue weighted by Gasteiger charge is -2.26. The maximum Gasteiger partial charge on any atom is 0.251 e. The Balaban J connectivity index is 1.37. The van der Waals surface area contributed by atoms with Crippen LogP contribution in [0.15, 0.2) is 64.1 Å². The van der Waals surface area contributed by atoms with Gasteiger partial charge in [0.15, 0.2) is 5.76 Å². The Hall–Kier alpha value is -2.79. The molecular formula is C21H20N2O6S2. The van der Waals surface area contributed by atoms with Crippen LogP contribution in [-0.4, -0.2) is 50.7 Å². The zero-order chi connectivity index (χ0) is 21.8. The molecule has 1 N–H and O–H groups in total. The molecule has 4 rings (SSSR count). The van der Waals surface area contributed by atoms with Gasteiger partial charge in [-0.15, -0.1) is 11.3 Å². The molecule has 2 aromatic heterocycles. The van der Waals surface area contributed by atoms with Crippen molar-refractivity contribution in [2.45, 2.75) is 11.4 Å². The molecule has 1 aliphatic rings. The van der Waals surface area contributed by atoms with Crippen LogP contribution in [0.25, 0.3) is 0 Å². The average Bonchev–Trinajstić information content (AvgIpc) is 3.50. The fourth-order valence-corrected chi connectivity index (χ4v) is 5.41. The second kappa shape index (κ2) is 9.15. The number of nitrogens with zero attached hydrogens (tertiary/aromatic N) is 1. The summed E-state index contributed by atoms with van der Waals surface area (Å²) in [5.41, 5.74) is 0.351. The summed E-state index contributed by atoms with van der Waals surface area (Å²) in [6.07, 6.45) is 1.44. The minimum atomic E-state index is -3.60. The van der Waals surface area contributed by atoms with Gasteiger partial charge in [-0.25, -0.2) is 8.42 Å². The highest BCUT2D eigenvalue weighted by Gasteiger charge is 2.26. The number of ether oxygens (including phenoxy) is 1. The van der Waals surface area contributed by atoms with E-state index in [1.165, 1.54) is 46.2 Å². The lowest BCUT2D eigenvalue weighted by molar-refractivity contribution is 0.0730. The molecule has 1 fully saturated rings. The molecule has 0 radical (unpaired) electrons. The Morgan fingerprint density at radius 3 is 2.45 bits per heavy atom. The van der Waals surface area contributed by atoms with Crippen molar-refractivity contribution >= 4 is 33.1 Å². The molecule has 0 saturated carbocycles. The summed E-state index contributed by atoms with van der Waals surface area (Å²) in [5.74, 6) is -0.267. The van der Waals surface area contributed by atoms with E-state index in [1.807, 2.05) is 0 Å². The van der Waals surface area contributed by atoms with Gasteiger partial charge in [0.1, 0.15) is 0 Å². The molecule has 8 nitrogen and oxygen atoms in total. The lowest BCUT2D eigenvalue weighted by atomic mass is 10.2. The van der Waals surface area contributed by atoms with E-state index in [2.05, 4.69) is 5.32 Å². The van der Waals surface area contributed by atoms with Crippen LogP contribution >= 0.6 is 11.3 Å². The van der Waals surface area contributed by atoms with E-state index in [9.17, 15) is 18.0 Å². The summed E-state index contributed by atoms with van der Waals surface area (Å²) in [7, 11) is -3.60. The number of ketones is 1. The normalized spacial score (nSPS) is 15.0. The van der Waals surface area contributed by atoms with Gasteiger partial charge in [0, 0.05) is 23.5 Å². The quantitative estimate of drug-likeness (QED) is 0.543. The van der Waals surface area contributed by atoms with Crippen molar-refractivity contribution in [2.75, 3.05) is 26.3 Å². The van der Waals surface area contributed by atoms with Crippen molar-refractivity contribution in [3.05, 3.63) is 75.9 Å². The van der Waals surface area contributed by atoms with Gasteiger partial charge in [0.25, 0.3) is 5.91 Å². The number of furan rings is 1. The van der Waals surface area contributed by atoms with E-state index in [1.54, 1.807) is 24.3 Å². The van der Waals surface area contributed by atoms with Crippen LogP contribution in [0.4, 0.5) is 0 Å². The van der Waals surface area contributed by atoms with Gasteiger partial charge in [-0.1, -0.05) is 0 Å². The Labute approximate surface area is 183 Å². The number of thiophene rings is 1. The van der Waals surface area contributed by atoms with Crippen molar-refractivity contribution in [1.29, 1.82) is 0 Å². The number of hydrogen-bond donors (Lipinski definition) is 1. The van der Waals surface area contributed by atoms with Gasteiger partial charge in [-0.3, -0.25) is 9.59 Å². The molecule has 0 spiro atoms. The first-order valence-corrected chi connectivity index (χ1v) is 11.8. The van der Waals surface area contributed by atoms with Crippen molar-refractivity contribution in [1.82, 2.24) is 9.62 Å². The van der Waals surface area contributed by atoms with Crippen LogP contribution in [0.2, 0.25) is 0 Å². The number of sulfonamides is 1.